The lowest BCUT2D eigenvalue weighted by Gasteiger charge is -2.09. The van der Waals surface area contributed by atoms with Crippen molar-refractivity contribution in [3.8, 4) is 5.75 Å². The number of halogens is 1. The summed E-state index contributed by atoms with van der Waals surface area (Å²) < 4.78 is 5.96. The highest BCUT2D eigenvalue weighted by molar-refractivity contribution is 14.1. The molecule has 2 aromatic rings. The van der Waals surface area contributed by atoms with E-state index in [1.54, 1.807) is 43.5 Å². The monoisotopic (exact) mass is 410 g/mol. The van der Waals surface area contributed by atoms with Crippen molar-refractivity contribution in [3.05, 3.63) is 62.7 Å². The van der Waals surface area contributed by atoms with Crippen molar-refractivity contribution in [1.29, 1.82) is 0 Å². The summed E-state index contributed by atoms with van der Waals surface area (Å²) in [5, 5.41) is 0. The van der Waals surface area contributed by atoms with Crippen molar-refractivity contribution in [2.75, 3.05) is 7.11 Å². The molecule has 0 spiro atoms. The van der Waals surface area contributed by atoms with Gasteiger partial charge in [-0.2, -0.15) is 0 Å². The summed E-state index contributed by atoms with van der Waals surface area (Å²) in [5.74, 6) is -0.0530. The molecule has 0 fully saturated rings. The summed E-state index contributed by atoms with van der Waals surface area (Å²) in [7, 11) is 1.57. The van der Waals surface area contributed by atoms with E-state index in [2.05, 4.69) is 33.4 Å². The highest BCUT2D eigenvalue weighted by atomic mass is 127. The number of rotatable bonds is 3. The van der Waals surface area contributed by atoms with E-state index in [1.165, 1.54) is 0 Å². The first kappa shape index (κ1) is 16.3. The molecule has 0 saturated heterocycles. The van der Waals surface area contributed by atoms with Crippen LogP contribution >= 0.6 is 22.6 Å². The Morgan fingerprint density at radius 3 is 2.18 bits per heavy atom. The fraction of sp³-hybridized carbons (Fsp3) is 0.125. The van der Waals surface area contributed by atoms with Crippen LogP contribution in [-0.4, -0.2) is 18.9 Å². The largest absolute Gasteiger partial charge is 0.496 e. The predicted molar refractivity (Wildman–Crippen MR) is 91.8 cm³/mol. The molecular weight excluding hydrogens is 395 g/mol. The Bertz CT molecular complexity index is 716. The first-order chi connectivity index (χ1) is 10.5. The van der Waals surface area contributed by atoms with E-state index in [9.17, 15) is 9.59 Å². The van der Waals surface area contributed by atoms with Gasteiger partial charge >= 0.3 is 0 Å². The van der Waals surface area contributed by atoms with Gasteiger partial charge in [0.2, 0.25) is 0 Å². The van der Waals surface area contributed by atoms with Gasteiger partial charge in [-0.15, -0.1) is 0 Å². The molecule has 0 unspecified atom stereocenters. The van der Waals surface area contributed by atoms with E-state index < -0.39 is 0 Å². The maximum atomic E-state index is 12.0. The van der Waals surface area contributed by atoms with E-state index in [4.69, 9.17) is 4.74 Å². The molecule has 114 valence electrons. The number of ether oxygens (including phenoxy) is 1. The number of amides is 2. The third-order valence-electron chi connectivity index (χ3n) is 2.98. The number of benzene rings is 2. The summed E-state index contributed by atoms with van der Waals surface area (Å²) in [6.07, 6.45) is 0. The van der Waals surface area contributed by atoms with Crippen LogP contribution in [0.3, 0.4) is 0 Å². The molecule has 0 aliphatic rings. The van der Waals surface area contributed by atoms with Crippen LogP contribution in [0.1, 0.15) is 26.3 Å². The molecular formula is C16H15IN2O3. The average molecular weight is 410 g/mol. The zero-order chi connectivity index (χ0) is 16.1. The van der Waals surface area contributed by atoms with Crippen LogP contribution in [0.2, 0.25) is 0 Å². The highest BCUT2D eigenvalue weighted by Gasteiger charge is 2.11. The Labute approximate surface area is 142 Å². The van der Waals surface area contributed by atoms with Crippen LogP contribution in [-0.2, 0) is 0 Å². The first-order valence-electron chi connectivity index (χ1n) is 6.52. The van der Waals surface area contributed by atoms with Crippen molar-refractivity contribution < 1.29 is 14.3 Å². The molecule has 0 heterocycles. The van der Waals surface area contributed by atoms with Gasteiger partial charge in [-0.25, -0.2) is 0 Å². The van der Waals surface area contributed by atoms with Gasteiger partial charge in [0.05, 0.1) is 10.7 Å². The molecule has 2 N–H and O–H groups in total. The van der Waals surface area contributed by atoms with Crippen LogP contribution < -0.4 is 15.6 Å². The number of hydrogen-bond acceptors (Lipinski definition) is 3. The Morgan fingerprint density at radius 1 is 1.00 bits per heavy atom. The molecule has 5 nitrogen and oxygen atoms in total. The number of carbonyl (C=O) groups excluding carboxylic acids is 2. The summed E-state index contributed by atoms with van der Waals surface area (Å²) in [5.41, 5.74) is 6.70. The first-order valence-corrected chi connectivity index (χ1v) is 7.60. The van der Waals surface area contributed by atoms with Crippen molar-refractivity contribution in [3.63, 3.8) is 0 Å². The summed E-state index contributed by atoms with van der Waals surface area (Å²) in [6.45, 7) is 1.90. The van der Waals surface area contributed by atoms with Crippen molar-refractivity contribution in [1.82, 2.24) is 10.9 Å². The molecule has 2 aromatic carbocycles. The van der Waals surface area contributed by atoms with Gasteiger partial charge in [-0.1, -0.05) is 17.7 Å². The Kier molecular flexibility index (Phi) is 5.37. The van der Waals surface area contributed by atoms with Crippen LogP contribution in [0.25, 0.3) is 0 Å². The molecule has 0 bridgehead atoms. The molecule has 2 amide bonds. The molecule has 6 heteroatoms. The smallest absolute Gasteiger partial charge is 0.269 e. The van der Waals surface area contributed by atoms with Crippen molar-refractivity contribution in [2.45, 2.75) is 6.92 Å². The minimum atomic E-state index is -0.387. The Hall–Kier alpha value is -2.09. The quantitative estimate of drug-likeness (QED) is 0.604. The molecule has 22 heavy (non-hydrogen) atoms. The number of aryl methyl sites for hydroxylation is 1. The molecule has 0 atom stereocenters. The minimum absolute atomic E-state index is 0.361. The van der Waals surface area contributed by atoms with Crippen molar-refractivity contribution in [2.24, 2.45) is 0 Å². The van der Waals surface area contributed by atoms with E-state index in [0.29, 0.717) is 16.9 Å². The molecule has 0 aliphatic carbocycles. The predicted octanol–water partition coefficient (Wildman–Crippen LogP) is 2.68. The number of hydrazine groups is 1. The molecule has 0 saturated carbocycles. The normalized spacial score (nSPS) is 9.95. The van der Waals surface area contributed by atoms with E-state index in [-0.39, 0.29) is 11.8 Å². The van der Waals surface area contributed by atoms with Crippen molar-refractivity contribution >= 4 is 34.4 Å². The zero-order valence-electron chi connectivity index (χ0n) is 12.1. The Balaban J connectivity index is 2.00. The van der Waals surface area contributed by atoms with Crippen LogP contribution in [0.5, 0.6) is 5.75 Å². The number of carbonyl (C=O) groups is 2. The number of nitrogens with one attached hydrogen (secondary N) is 2. The van der Waals surface area contributed by atoms with Gasteiger partial charge in [0.25, 0.3) is 11.8 Å². The van der Waals surface area contributed by atoms with Gasteiger partial charge in [0.15, 0.2) is 0 Å². The zero-order valence-corrected chi connectivity index (χ0v) is 14.3. The lowest BCUT2D eigenvalue weighted by molar-refractivity contribution is 0.0846. The van der Waals surface area contributed by atoms with Gasteiger partial charge in [0.1, 0.15) is 5.75 Å². The van der Waals surface area contributed by atoms with E-state index in [1.807, 2.05) is 13.0 Å². The van der Waals surface area contributed by atoms with Crippen LogP contribution in [0, 0.1) is 10.5 Å². The highest BCUT2D eigenvalue weighted by Crippen LogP contribution is 2.21. The lowest BCUT2D eigenvalue weighted by Crippen LogP contribution is -2.41. The second-order valence-electron chi connectivity index (χ2n) is 4.63. The number of hydrogen-bond donors (Lipinski definition) is 2. The van der Waals surface area contributed by atoms with Gasteiger partial charge < -0.3 is 4.74 Å². The number of methoxy groups -OCH3 is 1. The second-order valence-corrected chi connectivity index (χ2v) is 5.79. The fourth-order valence-electron chi connectivity index (χ4n) is 1.85. The minimum Gasteiger partial charge on any atom is -0.496 e. The standard InChI is InChI=1S/C16H15IN2O3/c1-10-4-3-5-11(8-10)15(20)18-19-16(21)12-6-7-14(22-2)13(17)9-12/h3-9H,1-2H3,(H,18,20)(H,19,21). The molecule has 0 aromatic heterocycles. The third-order valence-corrected chi connectivity index (χ3v) is 3.83. The van der Waals surface area contributed by atoms with E-state index in [0.717, 1.165) is 9.13 Å². The van der Waals surface area contributed by atoms with Gasteiger partial charge in [-0.05, 0) is 59.8 Å². The maximum Gasteiger partial charge on any atom is 0.269 e. The third kappa shape index (κ3) is 3.97. The molecule has 0 aliphatic heterocycles. The van der Waals surface area contributed by atoms with Crippen LogP contribution in [0.4, 0.5) is 0 Å². The van der Waals surface area contributed by atoms with Gasteiger partial charge in [-0.3, -0.25) is 20.4 Å². The molecule has 0 radical (unpaired) electrons. The maximum absolute atomic E-state index is 12.0. The topological polar surface area (TPSA) is 67.4 Å². The Morgan fingerprint density at radius 2 is 1.64 bits per heavy atom. The van der Waals surface area contributed by atoms with E-state index >= 15 is 0 Å². The SMILES string of the molecule is COc1ccc(C(=O)NNC(=O)c2cccc(C)c2)cc1I. The van der Waals surface area contributed by atoms with Crippen LogP contribution in [0.15, 0.2) is 42.5 Å². The molecule has 2 rings (SSSR count). The fourth-order valence-corrected chi connectivity index (χ4v) is 2.59. The summed E-state index contributed by atoms with van der Waals surface area (Å²) >= 11 is 2.08. The van der Waals surface area contributed by atoms with Gasteiger partial charge in [0, 0.05) is 11.1 Å². The summed E-state index contributed by atoms with van der Waals surface area (Å²) in [4.78, 5) is 24.0. The average Bonchev–Trinajstić information content (AvgIpc) is 2.52. The second kappa shape index (κ2) is 7.26. The lowest BCUT2D eigenvalue weighted by atomic mass is 10.1. The summed E-state index contributed by atoms with van der Waals surface area (Å²) in [6, 6.07) is 12.1.